The second kappa shape index (κ2) is 6.02. The molecule has 0 bridgehead atoms. The third-order valence-electron chi connectivity index (χ3n) is 2.93. The van der Waals surface area contributed by atoms with E-state index in [1.165, 1.54) is 0 Å². The molecule has 1 saturated heterocycles. The highest BCUT2D eigenvalue weighted by Gasteiger charge is 2.25. The summed E-state index contributed by atoms with van der Waals surface area (Å²) in [5.74, 6) is 0.112. The molecule has 0 radical (unpaired) electrons. The van der Waals surface area contributed by atoms with E-state index < -0.39 is 0 Å². The number of hydrogen-bond acceptors (Lipinski definition) is 2. The van der Waals surface area contributed by atoms with E-state index in [0.29, 0.717) is 6.54 Å². The van der Waals surface area contributed by atoms with Gasteiger partial charge in [-0.25, -0.2) is 0 Å². The smallest absolute Gasteiger partial charge is 0.254 e. The van der Waals surface area contributed by atoms with Crippen LogP contribution < -0.4 is 5.73 Å². The predicted molar refractivity (Wildman–Crippen MR) is 79.6 cm³/mol. The molecule has 0 saturated carbocycles. The maximum Gasteiger partial charge on any atom is 0.254 e. The van der Waals surface area contributed by atoms with Gasteiger partial charge in [0, 0.05) is 22.7 Å². The second-order valence-electron chi connectivity index (χ2n) is 4.24. The van der Waals surface area contributed by atoms with Crippen molar-refractivity contribution in [2.45, 2.75) is 19.4 Å². The van der Waals surface area contributed by atoms with Gasteiger partial charge in [-0.15, -0.1) is 12.4 Å². The summed E-state index contributed by atoms with van der Waals surface area (Å²) >= 11 is 2.23. The molecule has 1 aromatic carbocycles. The van der Waals surface area contributed by atoms with Crippen molar-refractivity contribution in [2.75, 3.05) is 13.1 Å². The Morgan fingerprint density at radius 3 is 2.82 bits per heavy atom. The number of amides is 1. The normalized spacial score (nSPS) is 19.0. The number of nitrogens with two attached hydrogens (primary N) is 1. The van der Waals surface area contributed by atoms with Crippen LogP contribution in [0.15, 0.2) is 18.2 Å². The standard InChI is InChI=1S/C12H15IN2O.ClH/c1-8-3-2-4-10(11(8)13)12(16)15-6-5-9(14)7-15;/h2-4,9H,5-7,14H2,1H3;1H/t9-;/m0./s1. The Labute approximate surface area is 121 Å². The van der Waals surface area contributed by atoms with Crippen LogP contribution in [0.25, 0.3) is 0 Å². The Balaban J connectivity index is 0.00000144. The lowest BCUT2D eigenvalue weighted by molar-refractivity contribution is 0.0789. The van der Waals surface area contributed by atoms with Gasteiger partial charge in [0.05, 0.1) is 5.56 Å². The first-order chi connectivity index (χ1) is 7.59. The minimum Gasteiger partial charge on any atom is -0.337 e. The molecule has 3 nitrogen and oxygen atoms in total. The van der Waals surface area contributed by atoms with Crippen molar-refractivity contribution >= 4 is 40.9 Å². The van der Waals surface area contributed by atoms with Gasteiger partial charge < -0.3 is 10.6 Å². The second-order valence-corrected chi connectivity index (χ2v) is 5.32. The fourth-order valence-corrected chi connectivity index (χ4v) is 2.54. The first-order valence-corrected chi connectivity index (χ1v) is 6.47. The molecule has 0 aromatic heterocycles. The molecule has 2 N–H and O–H groups in total. The summed E-state index contributed by atoms with van der Waals surface area (Å²) in [6, 6.07) is 5.99. The Morgan fingerprint density at radius 2 is 2.24 bits per heavy atom. The molecular formula is C12H16ClIN2O. The minimum absolute atomic E-state index is 0. The lowest BCUT2D eigenvalue weighted by Gasteiger charge is -2.17. The molecule has 17 heavy (non-hydrogen) atoms. The highest BCUT2D eigenvalue weighted by molar-refractivity contribution is 14.1. The number of nitrogens with zero attached hydrogens (tertiary/aromatic N) is 1. The number of rotatable bonds is 1. The molecule has 0 aliphatic carbocycles. The minimum atomic E-state index is 0. The number of benzene rings is 1. The molecule has 1 heterocycles. The lowest BCUT2D eigenvalue weighted by atomic mass is 10.1. The predicted octanol–water partition coefficient (Wildman–Crippen LogP) is 2.19. The van der Waals surface area contributed by atoms with Crippen molar-refractivity contribution < 1.29 is 4.79 Å². The van der Waals surface area contributed by atoms with Crippen LogP contribution in [0, 0.1) is 10.5 Å². The van der Waals surface area contributed by atoms with Crippen LogP contribution in [0.4, 0.5) is 0 Å². The average Bonchev–Trinajstić information content (AvgIpc) is 2.68. The molecule has 1 aliphatic heterocycles. The molecular weight excluding hydrogens is 351 g/mol. The van der Waals surface area contributed by atoms with E-state index in [1.807, 2.05) is 30.0 Å². The SMILES string of the molecule is Cc1cccc(C(=O)N2CC[C@H](N)C2)c1I.Cl. The number of carbonyl (C=O) groups is 1. The summed E-state index contributed by atoms with van der Waals surface area (Å²) in [5, 5.41) is 0. The molecule has 1 amide bonds. The van der Waals surface area contributed by atoms with Gasteiger partial charge in [0.25, 0.3) is 5.91 Å². The van der Waals surface area contributed by atoms with E-state index in [2.05, 4.69) is 22.6 Å². The average molecular weight is 367 g/mol. The topological polar surface area (TPSA) is 46.3 Å². The third-order valence-corrected chi connectivity index (χ3v) is 4.37. The van der Waals surface area contributed by atoms with Crippen molar-refractivity contribution in [1.82, 2.24) is 4.90 Å². The van der Waals surface area contributed by atoms with E-state index in [1.54, 1.807) is 0 Å². The molecule has 94 valence electrons. The van der Waals surface area contributed by atoms with Crippen molar-refractivity contribution in [3.05, 3.63) is 32.9 Å². The summed E-state index contributed by atoms with van der Waals surface area (Å²) in [5.41, 5.74) is 7.76. The van der Waals surface area contributed by atoms with Crippen molar-refractivity contribution in [3.8, 4) is 0 Å². The lowest BCUT2D eigenvalue weighted by Crippen LogP contribution is -2.32. The summed E-state index contributed by atoms with van der Waals surface area (Å²) < 4.78 is 1.05. The summed E-state index contributed by atoms with van der Waals surface area (Å²) in [6.45, 7) is 3.49. The Kier molecular flexibility index (Phi) is 5.22. The van der Waals surface area contributed by atoms with E-state index >= 15 is 0 Å². The monoisotopic (exact) mass is 366 g/mol. The van der Waals surface area contributed by atoms with Crippen LogP contribution in [-0.2, 0) is 0 Å². The Morgan fingerprint density at radius 1 is 1.53 bits per heavy atom. The number of likely N-dealkylation sites (tertiary alicyclic amines) is 1. The first kappa shape index (κ1) is 14.7. The van der Waals surface area contributed by atoms with Crippen LogP contribution in [-0.4, -0.2) is 29.9 Å². The van der Waals surface area contributed by atoms with Gasteiger partial charge >= 0.3 is 0 Å². The van der Waals surface area contributed by atoms with Crippen LogP contribution >= 0.6 is 35.0 Å². The molecule has 0 unspecified atom stereocenters. The summed E-state index contributed by atoms with van der Waals surface area (Å²) in [7, 11) is 0. The van der Waals surface area contributed by atoms with Crippen LogP contribution in [0.5, 0.6) is 0 Å². The van der Waals surface area contributed by atoms with Gasteiger partial charge in [-0.1, -0.05) is 12.1 Å². The zero-order valence-electron chi connectivity index (χ0n) is 9.65. The third kappa shape index (κ3) is 3.11. The number of aryl methyl sites for hydroxylation is 1. The van der Waals surface area contributed by atoms with Gasteiger partial charge in [0.1, 0.15) is 0 Å². The van der Waals surface area contributed by atoms with E-state index in [4.69, 9.17) is 5.73 Å². The molecule has 1 fully saturated rings. The molecule has 1 aromatic rings. The maximum atomic E-state index is 12.2. The van der Waals surface area contributed by atoms with Gasteiger partial charge in [-0.3, -0.25) is 4.79 Å². The van der Waals surface area contributed by atoms with E-state index in [0.717, 1.165) is 27.7 Å². The Bertz CT molecular complexity index is 425. The fraction of sp³-hybridized carbons (Fsp3) is 0.417. The van der Waals surface area contributed by atoms with Crippen LogP contribution in [0.2, 0.25) is 0 Å². The highest BCUT2D eigenvalue weighted by atomic mass is 127. The molecule has 1 aliphatic rings. The molecule has 5 heteroatoms. The van der Waals surface area contributed by atoms with Crippen LogP contribution in [0.3, 0.4) is 0 Å². The Hall–Kier alpha value is -0.330. The number of hydrogen-bond donors (Lipinski definition) is 1. The van der Waals surface area contributed by atoms with Crippen molar-refractivity contribution in [2.24, 2.45) is 5.73 Å². The number of carbonyl (C=O) groups excluding carboxylic acids is 1. The first-order valence-electron chi connectivity index (χ1n) is 5.39. The summed E-state index contributed by atoms with van der Waals surface area (Å²) in [6.07, 6.45) is 0.911. The van der Waals surface area contributed by atoms with E-state index in [9.17, 15) is 4.79 Å². The van der Waals surface area contributed by atoms with Crippen LogP contribution in [0.1, 0.15) is 22.3 Å². The largest absolute Gasteiger partial charge is 0.337 e. The molecule has 2 rings (SSSR count). The number of halogens is 2. The zero-order valence-corrected chi connectivity index (χ0v) is 12.6. The van der Waals surface area contributed by atoms with Gasteiger partial charge in [-0.05, 0) is 47.6 Å². The summed E-state index contributed by atoms with van der Waals surface area (Å²) in [4.78, 5) is 14.1. The molecule has 0 spiro atoms. The van der Waals surface area contributed by atoms with Crippen molar-refractivity contribution in [1.29, 1.82) is 0 Å². The van der Waals surface area contributed by atoms with Crippen molar-refractivity contribution in [3.63, 3.8) is 0 Å². The molecule has 1 atom stereocenters. The quantitative estimate of drug-likeness (QED) is 0.775. The maximum absolute atomic E-state index is 12.2. The van der Waals surface area contributed by atoms with E-state index in [-0.39, 0.29) is 24.4 Å². The van der Waals surface area contributed by atoms with Gasteiger partial charge in [0.15, 0.2) is 0 Å². The van der Waals surface area contributed by atoms with Gasteiger partial charge in [0.2, 0.25) is 0 Å². The highest BCUT2D eigenvalue weighted by Crippen LogP contribution is 2.20. The van der Waals surface area contributed by atoms with Gasteiger partial charge in [-0.2, -0.15) is 0 Å². The zero-order chi connectivity index (χ0) is 11.7. The fourth-order valence-electron chi connectivity index (χ4n) is 1.95.